The highest BCUT2D eigenvalue weighted by Crippen LogP contribution is 2.26. The van der Waals surface area contributed by atoms with Crippen LogP contribution in [0.1, 0.15) is 58.1 Å². The van der Waals surface area contributed by atoms with E-state index in [0.717, 1.165) is 0 Å². The molecule has 84 valence electrons. The van der Waals surface area contributed by atoms with Gasteiger partial charge in [-0.1, -0.05) is 64.8 Å². The number of benzene rings is 1. The molecular formula is C15H24. The molecule has 1 aromatic carbocycles. The Bertz CT molecular complexity index is 291. The molecule has 1 rings (SSSR count). The van der Waals surface area contributed by atoms with Crippen molar-refractivity contribution in [2.75, 3.05) is 0 Å². The van der Waals surface area contributed by atoms with Crippen LogP contribution in [0.2, 0.25) is 0 Å². The van der Waals surface area contributed by atoms with Gasteiger partial charge in [0.15, 0.2) is 0 Å². The monoisotopic (exact) mass is 204 g/mol. The normalized spacial score (nSPS) is 11.7. The van der Waals surface area contributed by atoms with Crippen molar-refractivity contribution in [2.45, 2.75) is 58.8 Å². The molecule has 0 saturated heterocycles. The van der Waals surface area contributed by atoms with Crippen molar-refractivity contribution in [3.05, 3.63) is 35.4 Å². The van der Waals surface area contributed by atoms with E-state index in [0.29, 0.717) is 0 Å². The minimum absolute atomic E-state index is 0.281. The van der Waals surface area contributed by atoms with E-state index in [4.69, 9.17) is 0 Å². The van der Waals surface area contributed by atoms with Crippen molar-refractivity contribution in [3.63, 3.8) is 0 Å². The SMILES string of the molecule is CCCCCc1ccccc1C(C)(C)C. The van der Waals surface area contributed by atoms with Gasteiger partial charge in [-0.3, -0.25) is 0 Å². The highest BCUT2D eigenvalue weighted by atomic mass is 14.2. The maximum absolute atomic E-state index is 2.30. The van der Waals surface area contributed by atoms with Crippen molar-refractivity contribution in [3.8, 4) is 0 Å². The fourth-order valence-electron chi connectivity index (χ4n) is 2.04. The Morgan fingerprint density at radius 3 is 2.27 bits per heavy atom. The van der Waals surface area contributed by atoms with E-state index in [1.165, 1.54) is 31.2 Å². The molecule has 0 heterocycles. The smallest absolute Gasteiger partial charge is 0.0129 e. The summed E-state index contributed by atoms with van der Waals surface area (Å²) < 4.78 is 0. The average Bonchev–Trinajstić information content (AvgIpc) is 2.17. The van der Waals surface area contributed by atoms with Crippen LogP contribution >= 0.6 is 0 Å². The second-order valence-corrected chi connectivity index (χ2v) is 5.36. The van der Waals surface area contributed by atoms with Crippen LogP contribution in [0.15, 0.2) is 24.3 Å². The van der Waals surface area contributed by atoms with Crippen molar-refractivity contribution < 1.29 is 0 Å². The van der Waals surface area contributed by atoms with Crippen LogP contribution in [0.3, 0.4) is 0 Å². The van der Waals surface area contributed by atoms with Crippen LogP contribution < -0.4 is 0 Å². The first-order chi connectivity index (χ1) is 7.05. The summed E-state index contributed by atoms with van der Waals surface area (Å²) in [7, 11) is 0. The van der Waals surface area contributed by atoms with Crippen LogP contribution in [0.25, 0.3) is 0 Å². The molecule has 0 N–H and O–H groups in total. The van der Waals surface area contributed by atoms with Gasteiger partial charge in [0.1, 0.15) is 0 Å². The summed E-state index contributed by atoms with van der Waals surface area (Å²) in [5.74, 6) is 0. The van der Waals surface area contributed by atoms with E-state index < -0.39 is 0 Å². The predicted octanol–water partition coefficient (Wildman–Crippen LogP) is 4.72. The molecule has 0 amide bonds. The molecule has 0 nitrogen and oxygen atoms in total. The van der Waals surface area contributed by atoms with Crippen molar-refractivity contribution in [1.82, 2.24) is 0 Å². The quantitative estimate of drug-likeness (QED) is 0.623. The lowest BCUT2D eigenvalue weighted by Crippen LogP contribution is -2.14. The molecule has 0 aliphatic rings. The number of hydrogen-bond acceptors (Lipinski definition) is 0. The van der Waals surface area contributed by atoms with Crippen LogP contribution in [-0.2, 0) is 11.8 Å². The van der Waals surface area contributed by atoms with Crippen molar-refractivity contribution >= 4 is 0 Å². The summed E-state index contributed by atoms with van der Waals surface area (Å²) >= 11 is 0. The first-order valence-corrected chi connectivity index (χ1v) is 6.14. The zero-order valence-corrected chi connectivity index (χ0v) is 10.6. The summed E-state index contributed by atoms with van der Waals surface area (Å²) in [6.45, 7) is 9.15. The molecular weight excluding hydrogens is 180 g/mol. The summed E-state index contributed by atoms with van der Waals surface area (Å²) in [5.41, 5.74) is 3.34. The van der Waals surface area contributed by atoms with E-state index >= 15 is 0 Å². The highest BCUT2D eigenvalue weighted by Gasteiger charge is 2.16. The zero-order chi connectivity index (χ0) is 11.3. The van der Waals surface area contributed by atoms with Gasteiger partial charge in [0.05, 0.1) is 0 Å². The number of rotatable bonds is 4. The Hall–Kier alpha value is -0.780. The van der Waals surface area contributed by atoms with E-state index in [9.17, 15) is 0 Å². The average molecular weight is 204 g/mol. The molecule has 0 spiro atoms. The first kappa shape index (κ1) is 12.3. The maximum atomic E-state index is 2.30. The molecule has 15 heavy (non-hydrogen) atoms. The molecule has 0 aliphatic carbocycles. The van der Waals surface area contributed by atoms with Gasteiger partial charge in [-0.15, -0.1) is 0 Å². The van der Waals surface area contributed by atoms with Crippen molar-refractivity contribution in [2.24, 2.45) is 0 Å². The third-order valence-corrected chi connectivity index (χ3v) is 2.88. The fraction of sp³-hybridized carbons (Fsp3) is 0.600. The first-order valence-electron chi connectivity index (χ1n) is 6.14. The molecule has 1 aromatic rings. The lowest BCUT2D eigenvalue weighted by molar-refractivity contribution is 0.578. The van der Waals surface area contributed by atoms with Crippen molar-refractivity contribution in [1.29, 1.82) is 0 Å². The third kappa shape index (κ3) is 3.70. The maximum Gasteiger partial charge on any atom is -0.0129 e. The van der Waals surface area contributed by atoms with E-state index in [2.05, 4.69) is 52.0 Å². The minimum atomic E-state index is 0.281. The van der Waals surface area contributed by atoms with Gasteiger partial charge in [0, 0.05) is 0 Å². The van der Waals surface area contributed by atoms with E-state index in [1.54, 1.807) is 5.56 Å². The van der Waals surface area contributed by atoms with Gasteiger partial charge in [0.2, 0.25) is 0 Å². The van der Waals surface area contributed by atoms with Crippen LogP contribution in [0.4, 0.5) is 0 Å². The van der Waals surface area contributed by atoms with Crippen LogP contribution in [-0.4, -0.2) is 0 Å². The van der Waals surface area contributed by atoms with Gasteiger partial charge in [-0.25, -0.2) is 0 Å². The van der Waals surface area contributed by atoms with Gasteiger partial charge >= 0.3 is 0 Å². The standard InChI is InChI=1S/C15H24/c1-5-6-7-10-13-11-8-9-12-14(13)15(2,3)4/h8-9,11-12H,5-7,10H2,1-4H3. The summed E-state index contributed by atoms with van der Waals surface area (Å²) in [5, 5.41) is 0. The Morgan fingerprint density at radius 1 is 1.00 bits per heavy atom. The summed E-state index contributed by atoms with van der Waals surface area (Å²) in [4.78, 5) is 0. The summed E-state index contributed by atoms with van der Waals surface area (Å²) in [6, 6.07) is 8.89. The Kier molecular flexibility index (Phi) is 4.38. The largest absolute Gasteiger partial charge is 0.0654 e. The second kappa shape index (κ2) is 5.34. The Balaban J connectivity index is 2.78. The van der Waals surface area contributed by atoms with Gasteiger partial charge < -0.3 is 0 Å². The van der Waals surface area contributed by atoms with Gasteiger partial charge in [0.25, 0.3) is 0 Å². The Labute approximate surface area is 94.7 Å². The topological polar surface area (TPSA) is 0 Å². The van der Waals surface area contributed by atoms with Gasteiger partial charge in [-0.2, -0.15) is 0 Å². The molecule has 0 aromatic heterocycles. The number of hydrogen-bond donors (Lipinski definition) is 0. The lowest BCUT2D eigenvalue weighted by atomic mass is 9.82. The minimum Gasteiger partial charge on any atom is -0.0654 e. The van der Waals surface area contributed by atoms with Crippen LogP contribution in [0, 0.1) is 0 Å². The molecule has 0 fully saturated rings. The molecule has 0 atom stereocenters. The molecule has 0 unspecified atom stereocenters. The molecule has 0 heteroatoms. The second-order valence-electron chi connectivity index (χ2n) is 5.36. The molecule has 0 bridgehead atoms. The summed E-state index contributed by atoms with van der Waals surface area (Å²) in [6.07, 6.45) is 5.21. The fourth-order valence-corrected chi connectivity index (χ4v) is 2.04. The Morgan fingerprint density at radius 2 is 1.67 bits per heavy atom. The molecule has 0 radical (unpaired) electrons. The molecule has 0 saturated carbocycles. The third-order valence-electron chi connectivity index (χ3n) is 2.88. The van der Waals surface area contributed by atoms with E-state index in [1.807, 2.05) is 0 Å². The number of aryl methyl sites for hydroxylation is 1. The van der Waals surface area contributed by atoms with E-state index in [-0.39, 0.29) is 5.41 Å². The highest BCUT2D eigenvalue weighted by molar-refractivity contribution is 5.32. The molecule has 0 aliphatic heterocycles. The lowest BCUT2D eigenvalue weighted by Gasteiger charge is -2.22. The van der Waals surface area contributed by atoms with Gasteiger partial charge in [-0.05, 0) is 29.4 Å². The van der Waals surface area contributed by atoms with Crippen LogP contribution in [0.5, 0.6) is 0 Å². The number of unbranched alkanes of at least 4 members (excludes halogenated alkanes) is 2. The predicted molar refractivity (Wildman–Crippen MR) is 68.4 cm³/mol. The zero-order valence-electron chi connectivity index (χ0n) is 10.6.